The second-order valence-electron chi connectivity index (χ2n) is 2.34. The molecule has 1 aromatic rings. The minimum Gasteiger partial charge on any atom is -0.768 e. The Labute approximate surface area is 88.1 Å². The van der Waals surface area contributed by atoms with E-state index >= 15 is 0 Å². The molecule has 0 saturated heterocycles. The van der Waals surface area contributed by atoms with Gasteiger partial charge >= 0.3 is 5.97 Å². The fraction of sp³-hybridized carbons (Fsp3) is 0.125. The molecule has 0 fully saturated rings. The van der Waals surface area contributed by atoms with Crippen LogP contribution >= 0.6 is 11.6 Å². The van der Waals surface area contributed by atoms with Gasteiger partial charge in [0.15, 0.2) is 0 Å². The molecule has 0 aromatic heterocycles. The van der Waals surface area contributed by atoms with E-state index < -0.39 is 17.0 Å². The fourth-order valence-electron chi connectivity index (χ4n) is 0.949. The van der Waals surface area contributed by atoms with Crippen molar-refractivity contribution in [2.45, 2.75) is 4.90 Å². The topological polar surface area (TPSA) is 66.4 Å². The first-order valence-corrected chi connectivity index (χ1v) is 4.99. The van der Waals surface area contributed by atoms with Gasteiger partial charge in [0.05, 0.1) is 22.6 Å². The summed E-state index contributed by atoms with van der Waals surface area (Å²) in [6.07, 6.45) is 0. The van der Waals surface area contributed by atoms with E-state index in [1.807, 2.05) is 0 Å². The van der Waals surface area contributed by atoms with Crippen molar-refractivity contribution < 1.29 is 18.3 Å². The largest absolute Gasteiger partial charge is 0.768 e. The molecular formula is C8H6ClO4S-. The maximum Gasteiger partial charge on any atom is 0.339 e. The number of hydrogen-bond donors (Lipinski definition) is 0. The van der Waals surface area contributed by atoms with Crippen LogP contribution in [0.1, 0.15) is 10.4 Å². The Kier molecular flexibility index (Phi) is 3.62. The molecule has 0 amide bonds. The Hall–Kier alpha value is -0.910. The molecule has 1 aromatic carbocycles. The molecule has 6 heteroatoms. The quantitative estimate of drug-likeness (QED) is 0.572. The van der Waals surface area contributed by atoms with Crippen molar-refractivity contribution in [1.82, 2.24) is 0 Å². The first kappa shape index (κ1) is 11.2. The molecule has 0 aliphatic rings. The van der Waals surface area contributed by atoms with Crippen molar-refractivity contribution in [2.75, 3.05) is 7.11 Å². The lowest BCUT2D eigenvalue weighted by Gasteiger charge is -2.11. The van der Waals surface area contributed by atoms with E-state index in [4.69, 9.17) is 11.6 Å². The molecule has 4 nitrogen and oxygen atoms in total. The maximum atomic E-state index is 11.1. The number of carbonyl (C=O) groups excluding carboxylic acids is 1. The van der Waals surface area contributed by atoms with Crippen LogP contribution in [0, 0.1) is 0 Å². The van der Waals surface area contributed by atoms with Gasteiger partial charge in [0.1, 0.15) is 0 Å². The van der Waals surface area contributed by atoms with E-state index in [1.54, 1.807) is 0 Å². The third-order valence-corrected chi connectivity index (χ3v) is 2.74. The van der Waals surface area contributed by atoms with Gasteiger partial charge in [-0.25, -0.2) is 4.79 Å². The summed E-state index contributed by atoms with van der Waals surface area (Å²) >= 11 is 3.07. The number of ether oxygens (including phenoxy) is 1. The second-order valence-corrected chi connectivity index (χ2v) is 3.63. The summed E-state index contributed by atoms with van der Waals surface area (Å²) in [7, 11) is 1.17. The molecule has 0 aliphatic carbocycles. The number of halogens is 1. The van der Waals surface area contributed by atoms with Gasteiger partial charge in [-0.2, -0.15) is 0 Å². The first-order valence-electron chi connectivity index (χ1n) is 3.54. The van der Waals surface area contributed by atoms with E-state index in [-0.39, 0.29) is 15.5 Å². The summed E-state index contributed by atoms with van der Waals surface area (Å²) in [4.78, 5) is 10.9. The van der Waals surface area contributed by atoms with Crippen LogP contribution in [0.5, 0.6) is 0 Å². The lowest BCUT2D eigenvalue weighted by atomic mass is 10.2. The molecule has 0 saturated carbocycles. The zero-order valence-corrected chi connectivity index (χ0v) is 8.72. The highest BCUT2D eigenvalue weighted by atomic mass is 35.5. The van der Waals surface area contributed by atoms with Crippen LogP contribution in [-0.4, -0.2) is 21.8 Å². The molecule has 0 aliphatic heterocycles. The number of rotatable bonds is 2. The van der Waals surface area contributed by atoms with E-state index in [2.05, 4.69) is 4.74 Å². The summed E-state index contributed by atoms with van der Waals surface area (Å²) in [5, 5.41) is 0.00114. The highest BCUT2D eigenvalue weighted by molar-refractivity contribution is 7.79. The molecular weight excluding hydrogens is 228 g/mol. The van der Waals surface area contributed by atoms with E-state index in [1.165, 1.54) is 25.3 Å². The summed E-state index contributed by atoms with van der Waals surface area (Å²) in [5.41, 5.74) is -0.0617. The van der Waals surface area contributed by atoms with Crippen molar-refractivity contribution in [3.05, 3.63) is 28.8 Å². The van der Waals surface area contributed by atoms with Crippen LogP contribution in [0.4, 0.5) is 0 Å². The average Bonchev–Trinajstić information content (AvgIpc) is 2.15. The van der Waals surface area contributed by atoms with Crippen LogP contribution < -0.4 is 0 Å². The third-order valence-electron chi connectivity index (χ3n) is 1.54. The van der Waals surface area contributed by atoms with Gasteiger partial charge in [0, 0.05) is 0 Å². The van der Waals surface area contributed by atoms with Gasteiger partial charge < -0.3 is 9.29 Å². The highest BCUT2D eigenvalue weighted by Gasteiger charge is 2.14. The highest BCUT2D eigenvalue weighted by Crippen LogP contribution is 2.23. The smallest absolute Gasteiger partial charge is 0.339 e. The van der Waals surface area contributed by atoms with Crippen molar-refractivity contribution in [2.24, 2.45) is 0 Å². The van der Waals surface area contributed by atoms with Crippen molar-refractivity contribution in [3.8, 4) is 0 Å². The predicted molar refractivity (Wildman–Crippen MR) is 50.0 cm³/mol. The molecule has 14 heavy (non-hydrogen) atoms. The van der Waals surface area contributed by atoms with Crippen molar-refractivity contribution >= 4 is 28.7 Å². The van der Waals surface area contributed by atoms with E-state index in [0.717, 1.165) is 0 Å². The van der Waals surface area contributed by atoms with Gasteiger partial charge in [-0.05, 0) is 23.2 Å². The van der Waals surface area contributed by atoms with Gasteiger partial charge in [0.25, 0.3) is 0 Å². The van der Waals surface area contributed by atoms with Crippen LogP contribution in [0.25, 0.3) is 0 Å². The molecule has 0 radical (unpaired) electrons. The average molecular weight is 234 g/mol. The summed E-state index contributed by atoms with van der Waals surface area (Å²) in [6, 6.07) is 4.20. The molecule has 1 unspecified atom stereocenters. The summed E-state index contributed by atoms with van der Waals surface area (Å²) < 4.78 is 26.0. The molecule has 1 rings (SSSR count). The molecule has 76 valence electrons. The van der Waals surface area contributed by atoms with Gasteiger partial charge in [-0.1, -0.05) is 17.7 Å². The van der Waals surface area contributed by atoms with Gasteiger partial charge in [-0.15, -0.1) is 0 Å². The van der Waals surface area contributed by atoms with Crippen molar-refractivity contribution in [1.29, 1.82) is 0 Å². The second kappa shape index (κ2) is 4.54. The molecule has 0 heterocycles. The van der Waals surface area contributed by atoms with Gasteiger partial charge in [0.2, 0.25) is 0 Å². The SMILES string of the molecule is COC(=O)c1cccc(Cl)c1S(=O)[O-]. The summed E-state index contributed by atoms with van der Waals surface area (Å²) in [6.45, 7) is 0. The minimum atomic E-state index is -2.56. The normalized spacial score (nSPS) is 12.2. The van der Waals surface area contributed by atoms with Crippen LogP contribution in [0.2, 0.25) is 5.02 Å². The Morgan fingerprint density at radius 3 is 2.71 bits per heavy atom. The number of hydrogen-bond acceptors (Lipinski definition) is 4. The maximum absolute atomic E-state index is 11.1. The third kappa shape index (κ3) is 2.12. The van der Waals surface area contributed by atoms with E-state index in [9.17, 15) is 13.6 Å². The lowest BCUT2D eigenvalue weighted by Crippen LogP contribution is -2.07. The van der Waals surface area contributed by atoms with Crippen LogP contribution in [0.15, 0.2) is 23.1 Å². The zero-order valence-electron chi connectivity index (χ0n) is 7.15. The number of carbonyl (C=O) groups is 1. The number of methoxy groups -OCH3 is 1. The Morgan fingerprint density at radius 1 is 1.57 bits per heavy atom. The Balaban J connectivity index is 3.35. The molecule has 0 spiro atoms. The van der Waals surface area contributed by atoms with Crippen LogP contribution in [-0.2, 0) is 15.8 Å². The van der Waals surface area contributed by atoms with E-state index in [0.29, 0.717) is 0 Å². The van der Waals surface area contributed by atoms with Crippen LogP contribution in [0.3, 0.4) is 0 Å². The van der Waals surface area contributed by atoms with Gasteiger partial charge in [-0.3, -0.25) is 4.21 Å². The molecule has 0 N–H and O–H groups in total. The Bertz CT molecular complexity index is 391. The zero-order chi connectivity index (χ0) is 10.7. The Morgan fingerprint density at radius 2 is 2.21 bits per heavy atom. The molecule has 1 atom stereocenters. The lowest BCUT2D eigenvalue weighted by molar-refractivity contribution is 0.0596. The first-order chi connectivity index (χ1) is 6.57. The molecule has 0 bridgehead atoms. The number of esters is 1. The van der Waals surface area contributed by atoms with Crippen molar-refractivity contribution in [3.63, 3.8) is 0 Å². The minimum absolute atomic E-state index is 0.00114. The number of benzene rings is 1. The summed E-state index contributed by atoms with van der Waals surface area (Å²) in [5.74, 6) is -0.730. The monoisotopic (exact) mass is 233 g/mol. The fourth-order valence-corrected chi connectivity index (χ4v) is 1.87. The predicted octanol–water partition coefficient (Wildman–Crippen LogP) is 1.36. The standard InChI is InChI=1S/C8H7ClO4S/c1-13-8(10)5-3-2-4-6(9)7(5)14(11)12/h2-4H,1H3,(H,11,12)/p-1.